The van der Waals surface area contributed by atoms with Crippen LogP contribution in [0.2, 0.25) is 5.02 Å². The molecule has 3 rings (SSSR count). The summed E-state index contributed by atoms with van der Waals surface area (Å²) in [6.07, 6.45) is 1.12. The van der Waals surface area contributed by atoms with Crippen molar-refractivity contribution in [3.8, 4) is 5.75 Å². The van der Waals surface area contributed by atoms with Gasteiger partial charge in [0.1, 0.15) is 12.4 Å². The highest BCUT2D eigenvalue weighted by molar-refractivity contribution is 6.34. The lowest BCUT2D eigenvalue weighted by molar-refractivity contribution is -0.132. The number of carbonyl (C=O) groups excluding carboxylic acids is 3. The van der Waals surface area contributed by atoms with Crippen molar-refractivity contribution in [3.05, 3.63) is 64.2 Å². The lowest BCUT2D eigenvalue weighted by atomic mass is 9.82. The molecule has 0 aliphatic carbocycles. The molecule has 2 atom stereocenters. The number of hydrogen-bond acceptors (Lipinski definition) is 6. The predicted octanol–water partition coefficient (Wildman–Crippen LogP) is 4.25. The van der Waals surface area contributed by atoms with Crippen LogP contribution < -0.4 is 10.1 Å². The molecule has 0 saturated carbocycles. The van der Waals surface area contributed by atoms with Gasteiger partial charge in [-0.1, -0.05) is 35.9 Å². The largest absolute Gasteiger partial charge is 0.491 e. The minimum absolute atomic E-state index is 0.0145. The van der Waals surface area contributed by atoms with Gasteiger partial charge in [0.05, 0.1) is 24.8 Å². The fourth-order valence-electron chi connectivity index (χ4n) is 4.97. The Morgan fingerprint density at radius 1 is 1.15 bits per heavy atom. The first-order valence-electron chi connectivity index (χ1n) is 13.7. The van der Waals surface area contributed by atoms with Gasteiger partial charge in [-0.3, -0.25) is 9.59 Å². The Hall–Kier alpha value is -3.14. The monoisotopic (exact) mass is 573 g/mol. The molecular formula is C30H40ClN3O6. The smallest absolute Gasteiger partial charge is 0.318 e. The summed E-state index contributed by atoms with van der Waals surface area (Å²) in [5, 5.41) is 12.1. The van der Waals surface area contributed by atoms with Crippen molar-refractivity contribution in [3.63, 3.8) is 0 Å². The van der Waals surface area contributed by atoms with E-state index in [1.807, 2.05) is 45.0 Å². The standard InChI is InChI=1S/C30H40ClN3O6/c1-20(2)33(13-15-39-4)28(36)18-32-30(38)34-19-22-7-5-6-8-24(22)25(11-9-21(34)3)29(37)26-12-10-23(17-27(26)31)40-16-14-35/h5-8,10,12,17,20-21,25,35H,9,11,13-16,18-19H2,1-4H3,(H,32,38)/t21-,25?/m1/s1. The zero-order chi connectivity index (χ0) is 29.2. The zero-order valence-corrected chi connectivity index (χ0v) is 24.4. The van der Waals surface area contributed by atoms with E-state index >= 15 is 0 Å². The number of halogens is 1. The number of aliphatic hydroxyl groups excluding tert-OH is 1. The summed E-state index contributed by atoms with van der Waals surface area (Å²) in [5.74, 6) is -0.201. The Kier molecular flexibility index (Phi) is 11.8. The second-order valence-corrected chi connectivity index (χ2v) is 10.6. The van der Waals surface area contributed by atoms with Gasteiger partial charge in [0.2, 0.25) is 5.91 Å². The molecule has 1 aliphatic heterocycles. The lowest BCUT2D eigenvalue weighted by Gasteiger charge is -2.35. The Labute approximate surface area is 241 Å². The quantitative estimate of drug-likeness (QED) is 0.389. The molecule has 1 unspecified atom stereocenters. The number of aliphatic hydroxyl groups is 1. The average molecular weight is 574 g/mol. The van der Waals surface area contributed by atoms with Gasteiger partial charge in [0.25, 0.3) is 0 Å². The van der Waals surface area contributed by atoms with E-state index in [1.54, 1.807) is 35.1 Å². The highest BCUT2D eigenvalue weighted by atomic mass is 35.5. The summed E-state index contributed by atoms with van der Waals surface area (Å²) in [5.41, 5.74) is 2.13. The Bertz CT molecular complexity index is 1170. The van der Waals surface area contributed by atoms with Gasteiger partial charge in [-0.2, -0.15) is 0 Å². The fourth-order valence-corrected chi connectivity index (χ4v) is 5.24. The van der Waals surface area contributed by atoms with Crippen LogP contribution in [0.3, 0.4) is 0 Å². The van der Waals surface area contributed by atoms with Crippen LogP contribution in [0.15, 0.2) is 42.5 Å². The van der Waals surface area contributed by atoms with Gasteiger partial charge < -0.3 is 29.7 Å². The second-order valence-electron chi connectivity index (χ2n) is 10.2. The normalized spacial score (nSPS) is 17.0. The van der Waals surface area contributed by atoms with Gasteiger partial charge in [0, 0.05) is 43.8 Å². The number of rotatable bonds is 11. The van der Waals surface area contributed by atoms with Crippen molar-refractivity contribution < 1.29 is 29.0 Å². The Balaban J connectivity index is 1.77. The van der Waals surface area contributed by atoms with E-state index in [0.717, 1.165) is 11.1 Å². The number of ether oxygens (including phenoxy) is 2. The first kappa shape index (κ1) is 31.4. The highest BCUT2D eigenvalue weighted by Gasteiger charge is 2.32. The molecule has 1 aliphatic rings. The number of urea groups is 1. The van der Waals surface area contributed by atoms with Gasteiger partial charge in [-0.05, 0) is 62.9 Å². The first-order chi connectivity index (χ1) is 19.2. The van der Waals surface area contributed by atoms with E-state index in [9.17, 15) is 14.4 Å². The van der Waals surface area contributed by atoms with Crippen molar-refractivity contribution in [1.82, 2.24) is 15.1 Å². The number of hydrogen-bond donors (Lipinski definition) is 2. The highest BCUT2D eigenvalue weighted by Crippen LogP contribution is 2.35. The molecule has 2 aromatic rings. The van der Waals surface area contributed by atoms with E-state index in [4.69, 9.17) is 26.2 Å². The van der Waals surface area contributed by atoms with Crippen LogP contribution in [-0.4, -0.2) is 84.7 Å². The summed E-state index contributed by atoms with van der Waals surface area (Å²) in [7, 11) is 1.59. The molecule has 0 radical (unpaired) electrons. The summed E-state index contributed by atoms with van der Waals surface area (Å²) < 4.78 is 10.5. The van der Waals surface area contributed by atoms with Crippen LogP contribution in [-0.2, 0) is 16.1 Å². The van der Waals surface area contributed by atoms with Gasteiger partial charge in [0.15, 0.2) is 5.78 Å². The molecule has 0 saturated heterocycles. The van der Waals surface area contributed by atoms with Gasteiger partial charge >= 0.3 is 6.03 Å². The van der Waals surface area contributed by atoms with E-state index in [0.29, 0.717) is 48.9 Å². The minimum atomic E-state index is -0.424. The number of nitrogens with zero attached hydrogens (tertiary/aromatic N) is 2. The number of carbonyl (C=O) groups is 3. The number of benzene rings is 2. The molecule has 9 nitrogen and oxygen atoms in total. The molecule has 0 bridgehead atoms. The summed E-state index contributed by atoms with van der Waals surface area (Å²) in [6, 6.07) is 12.1. The van der Waals surface area contributed by atoms with Crippen molar-refractivity contribution in [2.75, 3.05) is 40.0 Å². The zero-order valence-electron chi connectivity index (χ0n) is 23.7. The van der Waals surface area contributed by atoms with E-state index < -0.39 is 5.92 Å². The van der Waals surface area contributed by atoms with Crippen molar-refractivity contribution >= 4 is 29.3 Å². The van der Waals surface area contributed by atoms with Crippen LogP contribution >= 0.6 is 11.6 Å². The number of ketones is 1. The molecule has 10 heteroatoms. The second kappa shape index (κ2) is 15.0. The van der Waals surface area contributed by atoms with Crippen LogP contribution in [0.4, 0.5) is 4.79 Å². The summed E-state index contributed by atoms with van der Waals surface area (Å²) in [4.78, 5) is 43.3. The first-order valence-corrected chi connectivity index (χ1v) is 14.0. The molecule has 0 aromatic heterocycles. The number of nitrogens with one attached hydrogen (secondary N) is 1. The third-order valence-electron chi connectivity index (χ3n) is 7.19. The number of fused-ring (bicyclic) bond motifs is 1. The number of amides is 3. The molecule has 0 spiro atoms. The molecule has 2 N–H and O–H groups in total. The predicted molar refractivity (Wildman–Crippen MR) is 154 cm³/mol. The van der Waals surface area contributed by atoms with Crippen LogP contribution in [0.1, 0.15) is 61.0 Å². The van der Waals surface area contributed by atoms with Crippen molar-refractivity contribution in [2.45, 2.75) is 58.2 Å². The summed E-state index contributed by atoms with van der Waals surface area (Å²) in [6.45, 7) is 6.90. The fraction of sp³-hybridized carbons (Fsp3) is 0.500. The number of Topliss-reactive ketones (excluding diaryl/α,β-unsaturated/α-hetero) is 1. The molecule has 2 aromatic carbocycles. The maximum atomic E-state index is 13.8. The lowest BCUT2D eigenvalue weighted by Crippen LogP contribution is -2.50. The van der Waals surface area contributed by atoms with Gasteiger partial charge in [-0.15, -0.1) is 0 Å². The van der Waals surface area contributed by atoms with E-state index in [2.05, 4.69) is 5.32 Å². The molecular weight excluding hydrogens is 534 g/mol. The molecule has 40 heavy (non-hydrogen) atoms. The minimum Gasteiger partial charge on any atom is -0.491 e. The number of methoxy groups -OCH3 is 1. The topological polar surface area (TPSA) is 108 Å². The Morgan fingerprint density at radius 3 is 2.58 bits per heavy atom. The van der Waals surface area contributed by atoms with Crippen molar-refractivity contribution in [1.29, 1.82) is 0 Å². The molecule has 218 valence electrons. The van der Waals surface area contributed by atoms with Crippen LogP contribution in [0, 0.1) is 0 Å². The van der Waals surface area contributed by atoms with Crippen LogP contribution in [0.5, 0.6) is 5.75 Å². The molecule has 3 amide bonds. The Morgan fingerprint density at radius 2 is 1.90 bits per heavy atom. The van der Waals surface area contributed by atoms with Crippen LogP contribution in [0.25, 0.3) is 0 Å². The van der Waals surface area contributed by atoms with Gasteiger partial charge in [-0.25, -0.2) is 4.79 Å². The SMILES string of the molecule is COCCN(C(=O)CNC(=O)N1Cc2ccccc2C(C(=O)c2ccc(OCCO)cc2Cl)CC[C@H]1C)C(C)C. The summed E-state index contributed by atoms with van der Waals surface area (Å²) >= 11 is 6.48. The molecule has 0 fully saturated rings. The maximum absolute atomic E-state index is 13.8. The third kappa shape index (κ3) is 7.96. The molecule has 1 heterocycles. The average Bonchev–Trinajstić information content (AvgIpc) is 2.93. The van der Waals surface area contributed by atoms with E-state index in [1.165, 1.54) is 0 Å². The maximum Gasteiger partial charge on any atom is 0.318 e. The van der Waals surface area contributed by atoms with E-state index in [-0.39, 0.29) is 49.6 Å². The third-order valence-corrected chi connectivity index (χ3v) is 7.50. The van der Waals surface area contributed by atoms with Crippen molar-refractivity contribution in [2.24, 2.45) is 0 Å².